The zero-order valence-corrected chi connectivity index (χ0v) is 15.1. The molecule has 0 bridgehead atoms. The Morgan fingerprint density at radius 2 is 1.81 bits per heavy atom. The van der Waals surface area contributed by atoms with Gasteiger partial charge in [0.1, 0.15) is 5.82 Å². The number of hydrogen-bond acceptors (Lipinski definition) is 4. The highest BCUT2D eigenvalue weighted by atomic mass is 16.5. The summed E-state index contributed by atoms with van der Waals surface area (Å²) >= 11 is 0. The molecule has 0 aliphatic heterocycles. The zero-order chi connectivity index (χ0) is 19.1. The molecule has 27 heavy (non-hydrogen) atoms. The second-order valence-corrected chi connectivity index (χ2v) is 6.06. The molecule has 1 amide bonds. The van der Waals surface area contributed by atoms with Crippen molar-refractivity contribution in [1.82, 2.24) is 15.3 Å². The monoisotopic (exact) mass is 363 g/mol. The Morgan fingerprint density at radius 1 is 1.04 bits per heavy atom. The summed E-state index contributed by atoms with van der Waals surface area (Å²) in [7, 11) is 1.31. The zero-order valence-electron chi connectivity index (χ0n) is 15.1. The summed E-state index contributed by atoms with van der Waals surface area (Å²) in [6.45, 7) is 0.389. The number of methoxy groups -OCH3 is 1. The van der Waals surface area contributed by atoms with Crippen LogP contribution in [0.5, 0.6) is 0 Å². The van der Waals surface area contributed by atoms with Gasteiger partial charge in [0.25, 0.3) is 0 Å². The molecule has 0 radical (unpaired) electrons. The standard InChI is InChI=1S/C21H21N3O3/c1-27-20(26)11-10-19(25)22-13-15-6-5-9-17(12-15)21-23-14-18(24-21)16-7-3-2-4-8-16/h2-9,12,14H,10-11,13H2,1H3,(H,22,25)(H,23,24). The van der Waals surface area contributed by atoms with Crippen LogP contribution in [-0.4, -0.2) is 29.0 Å². The Morgan fingerprint density at radius 3 is 2.59 bits per heavy atom. The number of nitrogens with zero attached hydrogens (tertiary/aromatic N) is 1. The number of benzene rings is 2. The van der Waals surface area contributed by atoms with Gasteiger partial charge in [0.15, 0.2) is 0 Å². The summed E-state index contributed by atoms with van der Waals surface area (Å²) in [4.78, 5) is 30.7. The van der Waals surface area contributed by atoms with Gasteiger partial charge in [-0.1, -0.05) is 48.5 Å². The van der Waals surface area contributed by atoms with Crippen molar-refractivity contribution < 1.29 is 14.3 Å². The first-order chi connectivity index (χ1) is 13.2. The highest BCUT2D eigenvalue weighted by molar-refractivity contribution is 5.81. The smallest absolute Gasteiger partial charge is 0.306 e. The third-order valence-corrected chi connectivity index (χ3v) is 4.13. The van der Waals surface area contributed by atoms with E-state index in [9.17, 15) is 9.59 Å². The van der Waals surface area contributed by atoms with Gasteiger partial charge in [-0.3, -0.25) is 9.59 Å². The molecular formula is C21H21N3O3. The lowest BCUT2D eigenvalue weighted by Gasteiger charge is -2.06. The Bertz CT molecular complexity index is 919. The van der Waals surface area contributed by atoms with Crippen LogP contribution in [0.2, 0.25) is 0 Å². The molecule has 0 aliphatic carbocycles. The Labute approximate surface area is 157 Å². The van der Waals surface area contributed by atoms with Crippen LogP contribution in [0.4, 0.5) is 0 Å². The molecule has 1 aromatic heterocycles. The number of esters is 1. The molecule has 6 nitrogen and oxygen atoms in total. The molecule has 0 aliphatic rings. The lowest BCUT2D eigenvalue weighted by Crippen LogP contribution is -2.23. The van der Waals surface area contributed by atoms with Crippen molar-refractivity contribution in [3.63, 3.8) is 0 Å². The van der Waals surface area contributed by atoms with E-state index >= 15 is 0 Å². The minimum absolute atomic E-state index is 0.0804. The van der Waals surface area contributed by atoms with E-state index in [1.165, 1.54) is 7.11 Å². The topological polar surface area (TPSA) is 84.1 Å². The number of nitrogens with one attached hydrogen (secondary N) is 2. The number of rotatable bonds is 7. The second-order valence-electron chi connectivity index (χ2n) is 6.06. The molecule has 3 rings (SSSR count). The number of carbonyl (C=O) groups excluding carboxylic acids is 2. The maximum Gasteiger partial charge on any atom is 0.306 e. The van der Waals surface area contributed by atoms with Crippen molar-refractivity contribution in [3.8, 4) is 22.6 Å². The molecule has 6 heteroatoms. The van der Waals surface area contributed by atoms with Gasteiger partial charge in [0.2, 0.25) is 5.91 Å². The third-order valence-electron chi connectivity index (χ3n) is 4.13. The molecule has 0 atom stereocenters. The van der Waals surface area contributed by atoms with Crippen LogP contribution in [0.3, 0.4) is 0 Å². The van der Waals surface area contributed by atoms with Crippen LogP contribution >= 0.6 is 0 Å². The molecule has 3 aromatic rings. The maximum atomic E-state index is 11.8. The van der Waals surface area contributed by atoms with Crippen LogP contribution in [0, 0.1) is 0 Å². The van der Waals surface area contributed by atoms with Crippen molar-refractivity contribution in [2.75, 3.05) is 7.11 Å². The molecule has 138 valence electrons. The van der Waals surface area contributed by atoms with E-state index in [1.54, 1.807) is 0 Å². The van der Waals surface area contributed by atoms with Crippen LogP contribution < -0.4 is 5.32 Å². The van der Waals surface area contributed by atoms with Crippen molar-refractivity contribution >= 4 is 11.9 Å². The van der Waals surface area contributed by atoms with E-state index in [0.29, 0.717) is 6.54 Å². The molecule has 0 saturated heterocycles. The van der Waals surface area contributed by atoms with E-state index < -0.39 is 0 Å². The lowest BCUT2D eigenvalue weighted by molar-refractivity contribution is -0.142. The summed E-state index contributed by atoms with van der Waals surface area (Å²) in [5.41, 5.74) is 3.92. The van der Waals surface area contributed by atoms with E-state index in [-0.39, 0.29) is 24.7 Å². The van der Waals surface area contributed by atoms with Crippen LogP contribution in [-0.2, 0) is 20.9 Å². The molecular weight excluding hydrogens is 342 g/mol. The molecule has 0 unspecified atom stereocenters. The number of hydrogen-bond donors (Lipinski definition) is 2. The summed E-state index contributed by atoms with van der Waals surface area (Å²) in [6, 6.07) is 17.8. The van der Waals surface area contributed by atoms with E-state index in [2.05, 4.69) is 20.0 Å². The molecule has 2 aromatic carbocycles. The lowest BCUT2D eigenvalue weighted by atomic mass is 10.1. The summed E-state index contributed by atoms with van der Waals surface area (Å²) in [5, 5.41) is 2.81. The minimum atomic E-state index is -0.390. The van der Waals surface area contributed by atoms with E-state index in [4.69, 9.17) is 0 Å². The van der Waals surface area contributed by atoms with Crippen molar-refractivity contribution in [1.29, 1.82) is 0 Å². The third kappa shape index (κ3) is 5.04. The molecule has 2 N–H and O–H groups in total. The highest BCUT2D eigenvalue weighted by Crippen LogP contribution is 2.22. The second kappa shape index (κ2) is 8.80. The molecule has 0 fully saturated rings. The van der Waals surface area contributed by atoms with Crippen LogP contribution in [0.15, 0.2) is 60.8 Å². The van der Waals surface area contributed by atoms with Gasteiger partial charge >= 0.3 is 5.97 Å². The number of ether oxygens (including phenoxy) is 1. The summed E-state index contributed by atoms with van der Waals surface area (Å²) in [5.74, 6) is 0.196. The SMILES string of the molecule is COC(=O)CCC(=O)NCc1cccc(-c2ncc(-c3ccccc3)[nH]2)c1. The van der Waals surface area contributed by atoms with E-state index in [1.807, 2.05) is 60.8 Å². The number of imidazole rings is 1. The number of amides is 1. The van der Waals surface area contributed by atoms with Crippen molar-refractivity contribution in [3.05, 3.63) is 66.4 Å². The average Bonchev–Trinajstić information content (AvgIpc) is 3.21. The van der Waals surface area contributed by atoms with Gasteiger partial charge in [-0.25, -0.2) is 4.98 Å². The van der Waals surface area contributed by atoms with Crippen molar-refractivity contribution in [2.24, 2.45) is 0 Å². The first-order valence-corrected chi connectivity index (χ1v) is 8.69. The predicted octanol–water partition coefficient (Wildman–Crippen LogP) is 3.31. The van der Waals surface area contributed by atoms with Crippen LogP contribution in [0.25, 0.3) is 22.6 Å². The van der Waals surface area contributed by atoms with Gasteiger partial charge in [0, 0.05) is 18.5 Å². The van der Waals surface area contributed by atoms with Gasteiger partial charge < -0.3 is 15.0 Å². The fourth-order valence-electron chi connectivity index (χ4n) is 2.67. The maximum absolute atomic E-state index is 11.8. The molecule has 1 heterocycles. The minimum Gasteiger partial charge on any atom is -0.469 e. The predicted molar refractivity (Wildman–Crippen MR) is 103 cm³/mol. The summed E-state index contributed by atoms with van der Waals surface area (Å²) in [6.07, 6.45) is 2.01. The quantitative estimate of drug-likeness (QED) is 0.631. The Balaban J connectivity index is 1.63. The first kappa shape index (κ1) is 18.4. The Kier molecular flexibility index (Phi) is 5.99. The van der Waals surface area contributed by atoms with Gasteiger partial charge in [0.05, 0.1) is 25.4 Å². The number of aromatic nitrogens is 2. The largest absolute Gasteiger partial charge is 0.469 e. The average molecular weight is 363 g/mol. The number of aromatic amines is 1. The van der Waals surface area contributed by atoms with E-state index in [0.717, 1.165) is 28.2 Å². The molecule has 0 saturated carbocycles. The highest BCUT2D eigenvalue weighted by Gasteiger charge is 2.08. The number of carbonyl (C=O) groups is 2. The summed E-state index contributed by atoms with van der Waals surface area (Å²) < 4.78 is 4.53. The number of H-pyrrole nitrogens is 1. The fraction of sp³-hybridized carbons (Fsp3) is 0.190. The Hall–Kier alpha value is -3.41. The first-order valence-electron chi connectivity index (χ1n) is 8.69. The van der Waals surface area contributed by atoms with Crippen LogP contribution in [0.1, 0.15) is 18.4 Å². The van der Waals surface area contributed by atoms with Gasteiger partial charge in [-0.2, -0.15) is 0 Å². The van der Waals surface area contributed by atoms with Gasteiger partial charge in [-0.05, 0) is 17.2 Å². The van der Waals surface area contributed by atoms with Gasteiger partial charge in [-0.15, -0.1) is 0 Å². The fourth-order valence-corrected chi connectivity index (χ4v) is 2.67. The van der Waals surface area contributed by atoms with Crippen molar-refractivity contribution in [2.45, 2.75) is 19.4 Å². The molecule has 0 spiro atoms. The normalized spacial score (nSPS) is 10.4.